The molecule has 3 aliphatic rings. The molecule has 3 fully saturated rings. The van der Waals surface area contributed by atoms with Gasteiger partial charge < -0.3 is 19.9 Å². The van der Waals surface area contributed by atoms with E-state index in [4.69, 9.17) is 27.9 Å². The summed E-state index contributed by atoms with van der Waals surface area (Å²) in [5, 5.41) is 4.10. The highest BCUT2D eigenvalue weighted by atomic mass is 35.5. The van der Waals surface area contributed by atoms with Crippen molar-refractivity contribution in [2.75, 3.05) is 33.3 Å². The van der Waals surface area contributed by atoms with Crippen molar-refractivity contribution in [1.29, 1.82) is 0 Å². The lowest BCUT2D eigenvalue weighted by atomic mass is 9.83. The van der Waals surface area contributed by atoms with Crippen LogP contribution in [0.4, 0.5) is 0 Å². The molecule has 2 atom stereocenters. The zero-order chi connectivity index (χ0) is 18.4. The topological polar surface area (TPSA) is 61.9 Å². The second-order valence-electron chi connectivity index (χ2n) is 7.08. The third-order valence-electron chi connectivity index (χ3n) is 5.72. The summed E-state index contributed by atoms with van der Waals surface area (Å²) < 4.78 is 5.48. The van der Waals surface area contributed by atoms with Crippen LogP contribution < -0.4 is 10.1 Å². The summed E-state index contributed by atoms with van der Waals surface area (Å²) in [6.07, 6.45) is 1.27. The van der Waals surface area contributed by atoms with E-state index in [1.165, 1.54) is 0 Å². The van der Waals surface area contributed by atoms with E-state index in [1.54, 1.807) is 29.0 Å². The molecule has 0 saturated carbocycles. The van der Waals surface area contributed by atoms with Crippen molar-refractivity contribution in [3.8, 4) is 5.75 Å². The van der Waals surface area contributed by atoms with Gasteiger partial charge in [-0.15, -0.1) is 0 Å². The van der Waals surface area contributed by atoms with Gasteiger partial charge in [0.1, 0.15) is 18.3 Å². The highest BCUT2D eigenvalue weighted by molar-refractivity contribution is 6.42. The predicted octanol–water partition coefficient (Wildman–Crippen LogP) is 1.89. The Labute approximate surface area is 162 Å². The summed E-state index contributed by atoms with van der Waals surface area (Å²) in [5.74, 6) is 0.767. The van der Waals surface area contributed by atoms with Crippen LogP contribution in [0, 0.1) is 0 Å². The van der Waals surface area contributed by atoms with Crippen molar-refractivity contribution in [3.05, 3.63) is 27.7 Å². The van der Waals surface area contributed by atoms with E-state index in [1.807, 2.05) is 0 Å². The van der Waals surface area contributed by atoms with Crippen LogP contribution in [0.25, 0.3) is 0 Å². The smallest absolute Gasteiger partial charge is 0.246 e. The van der Waals surface area contributed by atoms with Crippen molar-refractivity contribution in [3.63, 3.8) is 0 Å². The second kappa shape index (κ2) is 6.91. The number of rotatable bonds is 3. The minimum absolute atomic E-state index is 0.0219. The van der Waals surface area contributed by atoms with E-state index < -0.39 is 6.04 Å². The zero-order valence-electron chi connectivity index (χ0n) is 14.5. The minimum Gasteiger partial charge on any atom is -0.496 e. The van der Waals surface area contributed by atoms with Crippen molar-refractivity contribution < 1.29 is 14.3 Å². The molecule has 1 N–H and O–H groups in total. The molecule has 8 heteroatoms. The Morgan fingerprint density at radius 2 is 1.96 bits per heavy atom. The lowest BCUT2D eigenvalue weighted by molar-refractivity contribution is -0.161. The number of hydrogen-bond donors (Lipinski definition) is 1. The maximum absolute atomic E-state index is 13.0. The number of fused-ring (bicyclic) bond motifs is 1. The van der Waals surface area contributed by atoms with E-state index in [9.17, 15) is 9.59 Å². The largest absolute Gasteiger partial charge is 0.496 e. The fraction of sp³-hybridized carbons (Fsp3) is 0.556. The predicted molar refractivity (Wildman–Crippen MR) is 98.9 cm³/mol. The Morgan fingerprint density at radius 1 is 1.19 bits per heavy atom. The van der Waals surface area contributed by atoms with Crippen molar-refractivity contribution in [2.24, 2.45) is 0 Å². The first-order valence-corrected chi connectivity index (χ1v) is 9.59. The molecule has 4 rings (SSSR count). The number of ether oxygens (including phenoxy) is 1. The number of piperazine rings is 1. The van der Waals surface area contributed by atoms with Gasteiger partial charge in [-0.1, -0.05) is 23.2 Å². The molecular weight excluding hydrogens is 377 g/mol. The molecule has 0 aliphatic carbocycles. The molecule has 140 valence electrons. The second-order valence-corrected chi connectivity index (χ2v) is 7.86. The molecule has 0 aromatic heterocycles. The van der Waals surface area contributed by atoms with E-state index >= 15 is 0 Å². The van der Waals surface area contributed by atoms with Gasteiger partial charge in [0.2, 0.25) is 11.8 Å². The average molecular weight is 398 g/mol. The van der Waals surface area contributed by atoms with Crippen LogP contribution in [0.2, 0.25) is 10.0 Å². The van der Waals surface area contributed by atoms with Gasteiger partial charge in [0.05, 0.1) is 23.2 Å². The van der Waals surface area contributed by atoms with Gasteiger partial charge in [0.15, 0.2) is 0 Å². The Hall–Kier alpha value is -1.50. The van der Waals surface area contributed by atoms with Crippen LogP contribution in [0.15, 0.2) is 12.1 Å². The molecule has 0 spiro atoms. The first kappa shape index (κ1) is 17.9. The number of benzene rings is 1. The number of nitrogens with zero attached hydrogens (tertiary/aromatic N) is 2. The number of halogens is 2. The molecule has 0 bridgehead atoms. The number of methoxy groups -OCH3 is 1. The normalized spacial score (nSPS) is 26.6. The van der Waals surface area contributed by atoms with Gasteiger partial charge in [0, 0.05) is 25.2 Å². The molecule has 3 aliphatic heterocycles. The number of amides is 2. The highest BCUT2D eigenvalue weighted by Crippen LogP contribution is 2.44. The summed E-state index contributed by atoms with van der Waals surface area (Å²) in [6, 6.07) is 3.20. The molecule has 0 radical (unpaired) electrons. The molecule has 0 unspecified atom stereocenters. The lowest BCUT2D eigenvalue weighted by Gasteiger charge is -2.49. The van der Waals surface area contributed by atoms with Gasteiger partial charge in [-0.3, -0.25) is 9.59 Å². The molecule has 6 nitrogen and oxygen atoms in total. The van der Waals surface area contributed by atoms with E-state index in [-0.39, 0.29) is 30.3 Å². The minimum atomic E-state index is -0.435. The van der Waals surface area contributed by atoms with Gasteiger partial charge in [-0.05, 0) is 30.9 Å². The van der Waals surface area contributed by atoms with E-state index in [0.29, 0.717) is 28.8 Å². The van der Waals surface area contributed by atoms with Crippen LogP contribution in [0.3, 0.4) is 0 Å². The third kappa shape index (κ3) is 2.84. The van der Waals surface area contributed by atoms with E-state index in [2.05, 4.69) is 5.32 Å². The number of piperidine rings is 1. The standard InChI is InChI=1S/C18H21Cl2N3O3/c1-26-14-3-2-12(19)17(20)16(14)10-4-5-22-13(6-10)18(25)23(9-15(22)24)11-7-21-8-11/h2-3,10-11,13,21H,4-9H2,1H3/t10-,13+/m1/s1. The van der Waals surface area contributed by atoms with Crippen LogP contribution in [0.5, 0.6) is 5.75 Å². The zero-order valence-corrected chi connectivity index (χ0v) is 16.0. The number of nitrogens with one attached hydrogen (secondary N) is 1. The molecule has 2 amide bonds. The Morgan fingerprint density at radius 3 is 2.62 bits per heavy atom. The van der Waals surface area contributed by atoms with Crippen LogP contribution in [-0.2, 0) is 9.59 Å². The molecule has 1 aromatic carbocycles. The summed E-state index contributed by atoms with van der Waals surface area (Å²) in [4.78, 5) is 29.1. The molecule has 26 heavy (non-hydrogen) atoms. The highest BCUT2D eigenvalue weighted by Gasteiger charge is 2.46. The molecule has 1 aromatic rings. The Kier molecular flexibility index (Phi) is 4.75. The van der Waals surface area contributed by atoms with Crippen molar-refractivity contribution in [2.45, 2.75) is 30.8 Å². The van der Waals surface area contributed by atoms with Gasteiger partial charge >= 0.3 is 0 Å². The molecular formula is C18H21Cl2N3O3. The van der Waals surface area contributed by atoms with Crippen LogP contribution in [0.1, 0.15) is 24.3 Å². The average Bonchev–Trinajstić information content (AvgIpc) is 2.59. The van der Waals surface area contributed by atoms with E-state index in [0.717, 1.165) is 25.1 Å². The SMILES string of the molecule is COc1ccc(Cl)c(Cl)c1[C@@H]1CCN2C(=O)CN(C3CNC3)C(=O)[C@@H]2C1. The number of hydrogen-bond acceptors (Lipinski definition) is 4. The fourth-order valence-corrected chi connectivity index (χ4v) is 4.65. The summed E-state index contributed by atoms with van der Waals surface area (Å²) in [6.45, 7) is 2.24. The first-order valence-electron chi connectivity index (χ1n) is 8.83. The van der Waals surface area contributed by atoms with Crippen molar-refractivity contribution in [1.82, 2.24) is 15.1 Å². The van der Waals surface area contributed by atoms with Gasteiger partial charge in [-0.25, -0.2) is 0 Å². The van der Waals surface area contributed by atoms with Crippen molar-refractivity contribution >= 4 is 35.0 Å². The number of carbonyl (C=O) groups excluding carboxylic acids is 2. The monoisotopic (exact) mass is 397 g/mol. The summed E-state index contributed by atoms with van der Waals surface area (Å²) in [7, 11) is 1.60. The van der Waals surface area contributed by atoms with Gasteiger partial charge in [0.25, 0.3) is 0 Å². The third-order valence-corrected chi connectivity index (χ3v) is 6.54. The Bertz CT molecular complexity index is 753. The van der Waals surface area contributed by atoms with Gasteiger partial charge in [-0.2, -0.15) is 0 Å². The maximum atomic E-state index is 13.0. The lowest BCUT2D eigenvalue weighted by Crippen LogP contribution is -2.69. The van der Waals surface area contributed by atoms with Crippen LogP contribution >= 0.6 is 23.2 Å². The first-order chi connectivity index (χ1) is 12.5. The summed E-state index contributed by atoms with van der Waals surface area (Å²) >= 11 is 12.7. The fourth-order valence-electron chi connectivity index (χ4n) is 4.18. The van der Waals surface area contributed by atoms with Crippen LogP contribution in [-0.4, -0.2) is 67.0 Å². The quantitative estimate of drug-likeness (QED) is 0.845. The number of carbonyl (C=O) groups is 2. The Balaban J connectivity index is 1.62. The molecule has 3 saturated heterocycles. The summed E-state index contributed by atoms with van der Waals surface area (Å²) in [5.41, 5.74) is 0.837. The maximum Gasteiger partial charge on any atom is 0.246 e. The molecule has 3 heterocycles.